The van der Waals surface area contributed by atoms with Gasteiger partial charge in [0, 0.05) is 6.54 Å². The Hall–Kier alpha value is -2.51. The minimum absolute atomic E-state index is 0.128. The van der Waals surface area contributed by atoms with E-state index in [1.54, 1.807) is 4.57 Å². The van der Waals surface area contributed by atoms with Gasteiger partial charge in [0.25, 0.3) is 0 Å². The highest BCUT2D eigenvalue weighted by molar-refractivity contribution is 5.98. The minimum atomic E-state index is -1.50. The number of imidazole rings is 1. The van der Waals surface area contributed by atoms with Crippen LogP contribution >= 0.6 is 0 Å². The highest BCUT2D eigenvalue weighted by Gasteiger charge is 2.35. The number of aliphatic carboxylic acids is 1. The number of carbonyl (C=O) groups is 2. The smallest absolute Gasteiger partial charge is 0.412 e. The molecule has 0 unspecified atom stereocenters. The van der Waals surface area contributed by atoms with Crippen molar-refractivity contribution < 1.29 is 24.9 Å². The topological polar surface area (TPSA) is 116 Å². The molecule has 19 heavy (non-hydrogen) atoms. The second-order valence-electron chi connectivity index (χ2n) is 4.10. The van der Waals surface area contributed by atoms with Gasteiger partial charge >= 0.3 is 12.1 Å². The number of carboxylic acids is 1. The first-order valence-electron chi connectivity index (χ1n) is 5.68. The van der Waals surface area contributed by atoms with Crippen LogP contribution in [0.2, 0.25) is 0 Å². The summed E-state index contributed by atoms with van der Waals surface area (Å²) < 4.78 is 1.71. The zero-order chi connectivity index (χ0) is 14.2. The molecule has 0 saturated heterocycles. The molecule has 102 valence electrons. The van der Waals surface area contributed by atoms with Gasteiger partial charge < -0.3 is 19.9 Å². The standard InChI is InChI=1S/C11H13N3O5/c1-2-3-13-5-12-7-6(13)4-14(11(18)19)8(9(7)15)10(16)17/h5,15H,2-4H2,1H3,(H,16,17)(H,18,19). The van der Waals surface area contributed by atoms with Crippen molar-refractivity contribution in [3.8, 4) is 0 Å². The van der Waals surface area contributed by atoms with Gasteiger partial charge in [0.1, 0.15) is 5.69 Å². The summed E-state index contributed by atoms with van der Waals surface area (Å²) in [6.45, 7) is 2.42. The van der Waals surface area contributed by atoms with E-state index in [-0.39, 0.29) is 12.2 Å². The number of aliphatic hydroxyl groups is 1. The third-order valence-electron chi connectivity index (χ3n) is 2.87. The molecular formula is C11H13N3O5. The molecule has 0 spiro atoms. The van der Waals surface area contributed by atoms with Crippen molar-refractivity contribution in [2.24, 2.45) is 0 Å². The Morgan fingerprint density at radius 3 is 2.63 bits per heavy atom. The minimum Gasteiger partial charge on any atom is -0.504 e. The number of aliphatic hydroxyl groups excluding tert-OH is 1. The Kier molecular flexibility index (Phi) is 3.16. The number of nitrogens with zero attached hydrogens (tertiary/aromatic N) is 3. The molecule has 2 heterocycles. The molecule has 2 rings (SSSR count). The second-order valence-corrected chi connectivity index (χ2v) is 4.10. The number of hydrogen-bond donors (Lipinski definition) is 3. The van der Waals surface area contributed by atoms with Gasteiger partial charge in [0.05, 0.1) is 18.6 Å². The third-order valence-corrected chi connectivity index (χ3v) is 2.87. The largest absolute Gasteiger partial charge is 0.504 e. The van der Waals surface area contributed by atoms with Gasteiger partial charge in [-0.25, -0.2) is 14.6 Å². The number of amides is 1. The lowest BCUT2D eigenvalue weighted by Crippen LogP contribution is -2.36. The van der Waals surface area contributed by atoms with E-state index in [2.05, 4.69) is 4.98 Å². The first kappa shape index (κ1) is 12.9. The van der Waals surface area contributed by atoms with Crippen LogP contribution in [0.3, 0.4) is 0 Å². The maximum atomic E-state index is 11.1. The van der Waals surface area contributed by atoms with Gasteiger partial charge in [-0.2, -0.15) is 0 Å². The highest BCUT2D eigenvalue weighted by Crippen LogP contribution is 2.29. The number of fused-ring (bicyclic) bond motifs is 1. The van der Waals surface area contributed by atoms with Crippen molar-refractivity contribution in [3.05, 3.63) is 23.4 Å². The lowest BCUT2D eigenvalue weighted by Gasteiger charge is -2.25. The molecular weight excluding hydrogens is 254 g/mol. The molecule has 0 radical (unpaired) electrons. The van der Waals surface area contributed by atoms with Crippen LogP contribution in [0.1, 0.15) is 24.7 Å². The summed E-state index contributed by atoms with van der Waals surface area (Å²) in [4.78, 5) is 26.7. The maximum Gasteiger partial charge on any atom is 0.412 e. The molecule has 0 bridgehead atoms. The van der Waals surface area contributed by atoms with Crippen LogP contribution in [-0.4, -0.2) is 41.8 Å². The lowest BCUT2D eigenvalue weighted by atomic mass is 10.1. The number of hydrogen-bond acceptors (Lipinski definition) is 4. The first-order valence-corrected chi connectivity index (χ1v) is 5.68. The first-order chi connectivity index (χ1) is 8.97. The molecule has 1 amide bonds. The van der Waals surface area contributed by atoms with Crippen molar-refractivity contribution >= 4 is 17.8 Å². The quantitative estimate of drug-likeness (QED) is 0.755. The average molecular weight is 267 g/mol. The molecule has 1 aromatic heterocycles. The van der Waals surface area contributed by atoms with Crippen molar-refractivity contribution in [3.63, 3.8) is 0 Å². The Labute approximate surface area is 108 Å². The van der Waals surface area contributed by atoms with E-state index in [1.807, 2.05) is 6.92 Å². The van der Waals surface area contributed by atoms with Gasteiger partial charge in [0.2, 0.25) is 0 Å². The molecule has 1 aliphatic rings. The zero-order valence-corrected chi connectivity index (χ0v) is 10.2. The number of carboxylic acid groups (broad SMARTS) is 2. The molecule has 8 nitrogen and oxygen atoms in total. The van der Waals surface area contributed by atoms with E-state index >= 15 is 0 Å². The SMILES string of the molecule is CCCn1cnc2c1CN(C(=O)O)C(C(=O)O)=C2O. The molecule has 1 aliphatic heterocycles. The van der Waals surface area contributed by atoms with Gasteiger partial charge in [-0.05, 0) is 6.42 Å². The van der Waals surface area contributed by atoms with Crippen molar-refractivity contribution in [1.82, 2.24) is 14.5 Å². The zero-order valence-electron chi connectivity index (χ0n) is 10.2. The van der Waals surface area contributed by atoms with E-state index in [1.165, 1.54) is 6.33 Å². The van der Waals surface area contributed by atoms with Crippen molar-refractivity contribution in [1.29, 1.82) is 0 Å². The highest BCUT2D eigenvalue weighted by atomic mass is 16.4. The molecule has 8 heteroatoms. The van der Waals surface area contributed by atoms with E-state index in [0.29, 0.717) is 17.1 Å². The summed E-state index contributed by atoms with van der Waals surface area (Å²) in [7, 11) is 0. The molecule has 0 aliphatic carbocycles. The van der Waals surface area contributed by atoms with Crippen LogP contribution in [0.25, 0.3) is 5.76 Å². The Morgan fingerprint density at radius 2 is 2.11 bits per heavy atom. The Bertz CT molecular complexity index is 575. The molecule has 3 N–H and O–H groups in total. The second kappa shape index (κ2) is 4.63. The Balaban J connectivity index is 2.57. The molecule has 0 atom stereocenters. The normalized spacial score (nSPS) is 14.5. The molecule has 1 aromatic rings. The van der Waals surface area contributed by atoms with E-state index in [0.717, 1.165) is 6.42 Å². The average Bonchev–Trinajstić information content (AvgIpc) is 2.72. The monoisotopic (exact) mass is 267 g/mol. The molecule has 0 fully saturated rings. The van der Waals surface area contributed by atoms with Gasteiger partial charge in [-0.15, -0.1) is 0 Å². The van der Waals surface area contributed by atoms with Gasteiger partial charge in [-0.3, -0.25) is 4.90 Å². The van der Waals surface area contributed by atoms with Crippen LogP contribution < -0.4 is 0 Å². The summed E-state index contributed by atoms with van der Waals surface area (Å²) in [5.41, 5.74) is -0.0446. The van der Waals surface area contributed by atoms with Gasteiger partial charge in [0.15, 0.2) is 11.5 Å². The fourth-order valence-electron chi connectivity index (χ4n) is 2.05. The number of rotatable bonds is 3. The summed E-state index contributed by atoms with van der Waals surface area (Å²) in [5.74, 6) is -2.12. The third kappa shape index (κ3) is 2.01. The lowest BCUT2D eigenvalue weighted by molar-refractivity contribution is -0.134. The van der Waals surface area contributed by atoms with Crippen LogP contribution in [-0.2, 0) is 17.9 Å². The molecule has 0 aromatic carbocycles. The maximum absolute atomic E-state index is 11.1. The summed E-state index contributed by atoms with van der Waals surface area (Å²) in [6.07, 6.45) is 0.847. The summed E-state index contributed by atoms with van der Waals surface area (Å²) in [6, 6.07) is 0. The van der Waals surface area contributed by atoms with Crippen LogP contribution in [0.15, 0.2) is 12.0 Å². The van der Waals surface area contributed by atoms with Crippen LogP contribution in [0, 0.1) is 0 Å². The van der Waals surface area contributed by atoms with Gasteiger partial charge in [-0.1, -0.05) is 6.92 Å². The van der Waals surface area contributed by atoms with E-state index in [9.17, 15) is 14.7 Å². The fourth-order valence-corrected chi connectivity index (χ4v) is 2.05. The fraction of sp³-hybridized carbons (Fsp3) is 0.364. The Morgan fingerprint density at radius 1 is 1.42 bits per heavy atom. The molecule has 0 saturated carbocycles. The predicted octanol–water partition coefficient (Wildman–Crippen LogP) is 1.10. The number of aryl methyl sites for hydroxylation is 1. The predicted molar refractivity (Wildman–Crippen MR) is 63.3 cm³/mol. The van der Waals surface area contributed by atoms with E-state index in [4.69, 9.17) is 10.2 Å². The number of aromatic nitrogens is 2. The van der Waals surface area contributed by atoms with Crippen LogP contribution in [0.5, 0.6) is 0 Å². The summed E-state index contributed by atoms with van der Waals surface area (Å²) in [5, 5.41) is 28.0. The van der Waals surface area contributed by atoms with E-state index < -0.39 is 23.5 Å². The summed E-state index contributed by atoms with van der Waals surface area (Å²) >= 11 is 0. The van der Waals surface area contributed by atoms with Crippen molar-refractivity contribution in [2.75, 3.05) is 0 Å². The van der Waals surface area contributed by atoms with Crippen LogP contribution in [0.4, 0.5) is 4.79 Å². The van der Waals surface area contributed by atoms with Crippen molar-refractivity contribution in [2.45, 2.75) is 26.4 Å².